The first-order chi connectivity index (χ1) is 33.7. The Morgan fingerprint density at radius 3 is 1.38 bits per heavy atom. The maximum absolute atomic E-state index is 13.3. The molecule has 1 fully saturated rings. The van der Waals surface area contributed by atoms with E-state index in [1.807, 2.05) is 0 Å². The molecule has 7 N–H and O–H groups in total. The highest BCUT2D eigenvalue weighted by atomic mass is 16.6. The molecule has 0 bridgehead atoms. The highest BCUT2D eigenvalue weighted by Crippen LogP contribution is 2.27. The zero-order valence-corrected chi connectivity index (χ0v) is 44.0. The minimum Gasteiger partial charge on any atom is -0.446 e. The van der Waals surface area contributed by atoms with Crippen molar-refractivity contribution in [3.05, 3.63) is 24.5 Å². The molecule has 8 atom stereocenters. The van der Waals surface area contributed by atoms with Crippen LogP contribution in [0, 0.1) is 0 Å². The molecule has 1 aliphatic heterocycles. The van der Waals surface area contributed by atoms with Crippen LogP contribution >= 0.6 is 0 Å². The van der Waals surface area contributed by atoms with E-state index in [9.17, 15) is 35.1 Å². The Kier molecular flexibility index (Phi) is 39.3. The van der Waals surface area contributed by atoms with E-state index in [-0.39, 0.29) is 18.7 Å². The molecule has 2 heterocycles. The summed E-state index contributed by atoms with van der Waals surface area (Å²) < 4.78 is 11.2. The van der Waals surface area contributed by atoms with Crippen molar-refractivity contribution in [2.24, 2.45) is 0 Å². The van der Waals surface area contributed by atoms with Crippen LogP contribution in [-0.2, 0) is 14.3 Å². The fourth-order valence-electron chi connectivity index (χ4n) is 9.81. The first-order valence-corrected chi connectivity index (χ1v) is 28.9. The van der Waals surface area contributed by atoms with Crippen molar-refractivity contribution in [3.63, 3.8) is 0 Å². The summed E-state index contributed by atoms with van der Waals surface area (Å²) in [7, 11) is 0. The standard InChI is InChI=1S/C57H105N3O9/c1-3-5-7-9-11-13-15-17-18-19-20-21-22-23-24-25-26-27-29-31-33-35-37-39-52(62)60-48(53(63)49(61)38-36-34-32-30-28-16-14-12-10-8-6-4-2)40-41-50-54(64)56(66)55(65)51(69-50)46-68-57(67)59-47-42-44-58-45-43-47/h42-45,48-51,53-56,61,63-66H,3-41,46H2,1-2H3,(H,60,62)(H,58,59,67)/t48?,49-,50-,51-,53+,54+,55+,56-/m1/s1. The Hall–Kier alpha value is -2.35. The molecule has 1 saturated heterocycles. The van der Waals surface area contributed by atoms with Gasteiger partial charge in [-0.1, -0.05) is 232 Å². The summed E-state index contributed by atoms with van der Waals surface area (Å²) in [6.07, 6.45) is 38.6. The van der Waals surface area contributed by atoms with Gasteiger partial charge in [0.1, 0.15) is 31.0 Å². The zero-order chi connectivity index (χ0) is 50.0. The Morgan fingerprint density at radius 2 is 0.942 bits per heavy atom. The van der Waals surface area contributed by atoms with E-state index < -0.39 is 61.5 Å². The van der Waals surface area contributed by atoms with Crippen LogP contribution < -0.4 is 10.6 Å². The quantitative estimate of drug-likeness (QED) is 0.0310. The third-order valence-corrected chi connectivity index (χ3v) is 14.4. The normalized spacial score (nSPS) is 19.6. The molecule has 12 nitrogen and oxygen atoms in total. The number of aromatic nitrogens is 1. The van der Waals surface area contributed by atoms with Crippen molar-refractivity contribution in [2.75, 3.05) is 11.9 Å². The highest BCUT2D eigenvalue weighted by molar-refractivity contribution is 5.84. The largest absolute Gasteiger partial charge is 0.446 e. The van der Waals surface area contributed by atoms with Gasteiger partial charge in [-0.05, 0) is 37.8 Å². The van der Waals surface area contributed by atoms with Crippen LogP contribution in [0.1, 0.15) is 264 Å². The first-order valence-electron chi connectivity index (χ1n) is 28.9. The molecule has 2 rings (SSSR count). The van der Waals surface area contributed by atoms with Crippen molar-refractivity contribution in [2.45, 2.75) is 313 Å². The van der Waals surface area contributed by atoms with E-state index in [0.717, 1.165) is 44.9 Å². The van der Waals surface area contributed by atoms with Crippen molar-refractivity contribution >= 4 is 17.7 Å². The Morgan fingerprint density at radius 1 is 0.551 bits per heavy atom. The van der Waals surface area contributed by atoms with E-state index >= 15 is 0 Å². The zero-order valence-electron chi connectivity index (χ0n) is 44.0. The van der Waals surface area contributed by atoms with Crippen molar-refractivity contribution in [1.82, 2.24) is 10.3 Å². The Balaban J connectivity index is 1.71. The number of hydrogen-bond acceptors (Lipinski definition) is 10. The third-order valence-electron chi connectivity index (χ3n) is 14.4. The second kappa shape index (κ2) is 43.3. The van der Waals surface area contributed by atoms with Gasteiger partial charge >= 0.3 is 6.09 Å². The van der Waals surface area contributed by atoms with E-state index in [0.29, 0.717) is 18.5 Å². The highest BCUT2D eigenvalue weighted by Gasteiger charge is 2.44. The predicted octanol–water partition coefficient (Wildman–Crippen LogP) is 12.9. The third kappa shape index (κ3) is 32.4. The minimum atomic E-state index is -1.58. The van der Waals surface area contributed by atoms with Gasteiger partial charge in [-0.15, -0.1) is 0 Å². The smallest absolute Gasteiger partial charge is 0.411 e. The lowest BCUT2D eigenvalue weighted by molar-refractivity contribution is -0.230. The SMILES string of the molecule is CCCCCCCCCCCCCCCCCCCCCCCCCC(=O)NC(CC[C@H]1O[C@H](COC(=O)Nc2ccncc2)[C@H](O)[C@H](O)[C@H]1O)[C@H](O)[C@H](O)CCCCCCCCCCCCCC. The van der Waals surface area contributed by atoms with Crippen LogP contribution in [0.2, 0.25) is 0 Å². The molecule has 0 saturated carbocycles. The molecule has 12 heteroatoms. The van der Waals surface area contributed by atoms with E-state index in [1.165, 1.54) is 192 Å². The van der Waals surface area contributed by atoms with Gasteiger partial charge in [0.05, 0.1) is 24.4 Å². The molecule has 1 unspecified atom stereocenters. The lowest BCUT2D eigenvalue weighted by atomic mass is 9.90. The first kappa shape index (κ1) is 62.8. The molecule has 0 spiro atoms. The predicted molar refractivity (Wildman–Crippen MR) is 281 cm³/mol. The average molecular weight is 976 g/mol. The molecule has 402 valence electrons. The topological polar surface area (TPSA) is 191 Å². The average Bonchev–Trinajstić information content (AvgIpc) is 3.35. The summed E-state index contributed by atoms with van der Waals surface area (Å²) in [6, 6.07) is 2.36. The molecular formula is C57H105N3O9. The lowest BCUT2D eigenvalue weighted by Crippen LogP contribution is -2.59. The van der Waals surface area contributed by atoms with Crippen molar-refractivity contribution in [3.8, 4) is 0 Å². The Bertz CT molecular complexity index is 1330. The Labute approximate surface area is 420 Å². The van der Waals surface area contributed by atoms with Crippen molar-refractivity contribution in [1.29, 1.82) is 0 Å². The van der Waals surface area contributed by atoms with Crippen molar-refractivity contribution < 1.29 is 44.6 Å². The number of carbonyl (C=O) groups excluding carboxylic acids is 2. The molecule has 1 aromatic rings. The molecule has 0 radical (unpaired) electrons. The fraction of sp³-hybridized carbons (Fsp3) is 0.877. The van der Waals surface area contributed by atoms with Gasteiger partial charge in [0.25, 0.3) is 0 Å². The number of nitrogens with zero attached hydrogens (tertiary/aromatic N) is 1. The molecule has 1 aliphatic rings. The van der Waals surface area contributed by atoms with Crippen LogP contribution in [0.4, 0.5) is 10.5 Å². The summed E-state index contributed by atoms with van der Waals surface area (Å²) in [4.78, 5) is 29.6. The van der Waals surface area contributed by atoms with Gasteiger partial charge < -0.3 is 40.3 Å². The van der Waals surface area contributed by atoms with E-state index in [4.69, 9.17) is 9.47 Å². The molecular weight excluding hydrogens is 871 g/mol. The van der Waals surface area contributed by atoms with Crippen LogP contribution in [0.5, 0.6) is 0 Å². The van der Waals surface area contributed by atoms with E-state index in [1.54, 1.807) is 12.1 Å². The molecule has 69 heavy (non-hydrogen) atoms. The lowest BCUT2D eigenvalue weighted by Gasteiger charge is -2.41. The number of unbranched alkanes of at least 4 members (excludes halogenated alkanes) is 33. The summed E-state index contributed by atoms with van der Waals surface area (Å²) in [5, 5.41) is 60.4. The summed E-state index contributed by atoms with van der Waals surface area (Å²) >= 11 is 0. The number of aliphatic hydroxyl groups is 5. The number of amides is 2. The number of pyridine rings is 1. The van der Waals surface area contributed by atoms with Crippen LogP contribution in [0.25, 0.3) is 0 Å². The van der Waals surface area contributed by atoms with E-state index in [2.05, 4.69) is 29.5 Å². The number of ether oxygens (including phenoxy) is 2. The number of rotatable bonds is 46. The molecule has 2 amide bonds. The number of anilines is 1. The van der Waals surface area contributed by atoms with Crippen LogP contribution in [-0.4, -0.2) is 97.9 Å². The van der Waals surface area contributed by atoms with Gasteiger partial charge in [0.15, 0.2) is 0 Å². The van der Waals surface area contributed by atoms with Crippen LogP contribution in [0.15, 0.2) is 24.5 Å². The molecule has 1 aromatic heterocycles. The summed E-state index contributed by atoms with van der Waals surface area (Å²) in [5.41, 5.74) is 0.465. The second-order valence-corrected chi connectivity index (χ2v) is 20.7. The summed E-state index contributed by atoms with van der Waals surface area (Å²) in [5.74, 6) is -0.202. The number of hydrogen-bond donors (Lipinski definition) is 7. The fourth-order valence-corrected chi connectivity index (χ4v) is 9.81. The maximum Gasteiger partial charge on any atom is 0.411 e. The molecule has 0 aliphatic carbocycles. The minimum absolute atomic E-state index is 0.0947. The monoisotopic (exact) mass is 976 g/mol. The van der Waals surface area contributed by atoms with Gasteiger partial charge in [-0.2, -0.15) is 0 Å². The van der Waals surface area contributed by atoms with Gasteiger partial charge in [-0.3, -0.25) is 15.1 Å². The molecule has 0 aromatic carbocycles. The van der Waals surface area contributed by atoms with Gasteiger partial charge in [0, 0.05) is 24.5 Å². The second-order valence-electron chi connectivity index (χ2n) is 20.7. The summed E-state index contributed by atoms with van der Waals surface area (Å²) in [6.45, 7) is 4.13. The number of nitrogens with one attached hydrogen (secondary N) is 2. The number of aliphatic hydroxyl groups excluding tert-OH is 5. The maximum atomic E-state index is 13.3. The number of carbonyl (C=O) groups is 2. The van der Waals surface area contributed by atoms with Gasteiger partial charge in [-0.25, -0.2) is 4.79 Å². The van der Waals surface area contributed by atoms with Gasteiger partial charge in [0.2, 0.25) is 5.91 Å². The van der Waals surface area contributed by atoms with Crippen LogP contribution in [0.3, 0.4) is 0 Å².